The lowest BCUT2D eigenvalue weighted by Gasteiger charge is -2.12. The molecule has 2 aromatic carbocycles. The number of carbonyl (C=O) groups is 1. The van der Waals surface area contributed by atoms with E-state index in [1.165, 1.54) is 11.1 Å². The van der Waals surface area contributed by atoms with Crippen molar-refractivity contribution in [2.24, 2.45) is 4.99 Å². The predicted octanol–water partition coefficient (Wildman–Crippen LogP) is 2.99. The highest BCUT2D eigenvalue weighted by Gasteiger charge is 2.04. The van der Waals surface area contributed by atoms with Crippen LogP contribution in [0.1, 0.15) is 23.6 Å². The van der Waals surface area contributed by atoms with Crippen LogP contribution < -0.4 is 20.7 Å². The molecule has 0 fully saturated rings. The van der Waals surface area contributed by atoms with Gasteiger partial charge in [0.25, 0.3) is 0 Å². The minimum Gasteiger partial charge on any atom is -0.497 e. The van der Waals surface area contributed by atoms with Gasteiger partial charge in [0.15, 0.2) is 5.96 Å². The molecular weight excluding hydrogens is 467 g/mol. The number of carbonyl (C=O) groups excluding carboxylic acids is 1. The Morgan fingerprint density at radius 1 is 1.04 bits per heavy atom. The SMILES string of the molecule is CCNC(=NCc1ccccc1C)NCC(=O)NCc1ccc(OC)cc1.I. The standard InChI is InChI=1S/C21H28N4O2.HI/c1-4-22-21(24-14-18-8-6-5-7-16(18)2)25-15-20(26)23-13-17-9-11-19(27-3)12-10-17;/h5-12H,4,13-15H2,1-3H3,(H,23,26)(H2,22,24,25);1H. The molecule has 0 unspecified atom stereocenters. The maximum atomic E-state index is 12.1. The third-order valence-corrected chi connectivity index (χ3v) is 4.08. The highest BCUT2D eigenvalue weighted by molar-refractivity contribution is 14.0. The first-order valence-corrected chi connectivity index (χ1v) is 9.08. The van der Waals surface area contributed by atoms with Crippen LogP contribution in [-0.4, -0.2) is 32.1 Å². The Hall–Kier alpha value is -2.29. The van der Waals surface area contributed by atoms with Crippen molar-refractivity contribution in [3.63, 3.8) is 0 Å². The molecule has 0 saturated heterocycles. The van der Waals surface area contributed by atoms with Gasteiger partial charge in [0, 0.05) is 13.1 Å². The van der Waals surface area contributed by atoms with Crippen molar-refractivity contribution in [1.82, 2.24) is 16.0 Å². The van der Waals surface area contributed by atoms with Crippen LogP contribution in [0.2, 0.25) is 0 Å². The van der Waals surface area contributed by atoms with E-state index < -0.39 is 0 Å². The van der Waals surface area contributed by atoms with Crippen molar-refractivity contribution in [2.75, 3.05) is 20.2 Å². The fraction of sp³-hybridized carbons (Fsp3) is 0.333. The van der Waals surface area contributed by atoms with Crippen LogP contribution in [0, 0.1) is 6.92 Å². The van der Waals surface area contributed by atoms with E-state index in [-0.39, 0.29) is 36.4 Å². The van der Waals surface area contributed by atoms with Crippen molar-refractivity contribution in [3.8, 4) is 5.75 Å². The number of rotatable bonds is 8. The van der Waals surface area contributed by atoms with Crippen LogP contribution in [0.5, 0.6) is 5.75 Å². The van der Waals surface area contributed by atoms with Gasteiger partial charge in [-0.3, -0.25) is 4.79 Å². The summed E-state index contributed by atoms with van der Waals surface area (Å²) in [6.45, 7) is 5.99. The molecule has 0 aliphatic rings. The van der Waals surface area contributed by atoms with Gasteiger partial charge in [0.2, 0.25) is 5.91 Å². The van der Waals surface area contributed by atoms with E-state index in [0.29, 0.717) is 19.0 Å². The molecule has 0 radical (unpaired) electrons. The predicted molar refractivity (Wildman–Crippen MR) is 124 cm³/mol. The lowest BCUT2D eigenvalue weighted by Crippen LogP contribution is -2.43. The smallest absolute Gasteiger partial charge is 0.239 e. The Morgan fingerprint density at radius 2 is 1.75 bits per heavy atom. The van der Waals surface area contributed by atoms with Gasteiger partial charge in [0.05, 0.1) is 20.2 Å². The van der Waals surface area contributed by atoms with Crippen LogP contribution in [0.3, 0.4) is 0 Å². The Kier molecular flexibility index (Phi) is 11.0. The number of aliphatic imine (C=N–C) groups is 1. The molecule has 0 atom stereocenters. The number of ether oxygens (including phenoxy) is 1. The fourth-order valence-electron chi connectivity index (χ4n) is 2.46. The molecular formula is C21H29IN4O2. The largest absolute Gasteiger partial charge is 0.497 e. The minimum atomic E-state index is -0.0905. The van der Waals surface area contributed by atoms with Gasteiger partial charge >= 0.3 is 0 Å². The van der Waals surface area contributed by atoms with E-state index in [9.17, 15) is 4.79 Å². The first-order chi connectivity index (χ1) is 13.1. The molecule has 0 heterocycles. The first-order valence-electron chi connectivity index (χ1n) is 9.08. The highest BCUT2D eigenvalue weighted by Crippen LogP contribution is 2.11. The normalized spacial score (nSPS) is 10.6. The Labute approximate surface area is 184 Å². The first kappa shape index (κ1) is 23.7. The summed E-state index contributed by atoms with van der Waals surface area (Å²) in [5.74, 6) is 1.33. The van der Waals surface area contributed by atoms with Gasteiger partial charge in [-0.15, -0.1) is 24.0 Å². The number of hydrogen-bond acceptors (Lipinski definition) is 3. The summed E-state index contributed by atoms with van der Waals surface area (Å²) in [6.07, 6.45) is 0. The molecule has 1 amide bonds. The molecule has 7 heteroatoms. The van der Waals surface area contributed by atoms with E-state index in [2.05, 4.69) is 40.0 Å². The zero-order chi connectivity index (χ0) is 19.5. The molecule has 0 spiro atoms. The van der Waals surface area contributed by atoms with Gasteiger partial charge in [-0.05, 0) is 42.7 Å². The molecule has 6 nitrogen and oxygen atoms in total. The number of halogens is 1. The fourth-order valence-corrected chi connectivity index (χ4v) is 2.46. The molecule has 28 heavy (non-hydrogen) atoms. The third-order valence-electron chi connectivity index (χ3n) is 4.08. The molecule has 0 aliphatic carbocycles. The molecule has 0 aliphatic heterocycles. The Balaban J connectivity index is 0.00000392. The molecule has 0 aromatic heterocycles. The number of methoxy groups -OCH3 is 1. The lowest BCUT2D eigenvalue weighted by molar-refractivity contribution is -0.120. The lowest BCUT2D eigenvalue weighted by atomic mass is 10.1. The van der Waals surface area contributed by atoms with Gasteiger partial charge in [0.1, 0.15) is 5.75 Å². The van der Waals surface area contributed by atoms with Gasteiger partial charge in [-0.2, -0.15) is 0 Å². The molecule has 0 bridgehead atoms. The Morgan fingerprint density at radius 3 is 2.39 bits per heavy atom. The quantitative estimate of drug-likeness (QED) is 0.299. The van der Waals surface area contributed by atoms with Crippen molar-refractivity contribution in [1.29, 1.82) is 0 Å². The average molecular weight is 496 g/mol. The number of amides is 1. The van der Waals surface area contributed by atoms with E-state index in [1.54, 1.807) is 7.11 Å². The van der Waals surface area contributed by atoms with Crippen LogP contribution >= 0.6 is 24.0 Å². The molecule has 3 N–H and O–H groups in total. The number of guanidine groups is 1. The maximum Gasteiger partial charge on any atom is 0.239 e. The van der Waals surface area contributed by atoms with Crippen molar-refractivity contribution in [2.45, 2.75) is 26.9 Å². The van der Waals surface area contributed by atoms with E-state index in [4.69, 9.17) is 4.74 Å². The number of nitrogens with one attached hydrogen (secondary N) is 3. The van der Waals surface area contributed by atoms with E-state index in [0.717, 1.165) is 17.9 Å². The number of hydrogen-bond donors (Lipinski definition) is 3. The monoisotopic (exact) mass is 496 g/mol. The maximum absolute atomic E-state index is 12.1. The summed E-state index contributed by atoms with van der Waals surface area (Å²) in [5.41, 5.74) is 3.39. The molecule has 0 saturated carbocycles. The molecule has 2 rings (SSSR count). The molecule has 152 valence electrons. The van der Waals surface area contributed by atoms with Crippen molar-refractivity contribution >= 4 is 35.8 Å². The van der Waals surface area contributed by atoms with Gasteiger partial charge in [-0.1, -0.05) is 36.4 Å². The second-order valence-corrected chi connectivity index (χ2v) is 6.10. The minimum absolute atomic E-state index is 0. The second kappa shape index (κ2) is 13.0. The summed E-state index contributed by atoms with van der Waals surface area (Å²) >= 11 is 0. The summed E-state index contributed by atoms with van der Waals surface area (Å²) in [6, 6.07) is 15.8. The number of aryl methyl sites for hydroxylation is 1. The van der Waals surface area contributed by atoms with E-state index in [1.807, 2.05) is 43.3 Å². The van der Waals surface area contributed by atoms with Crippen LogP contribution in [0.25, 0.3) is 0 Å². The zero-order valence-corrected chi connectivity index (χ0v) is 18.9. The van der Waals surface area contributed by atoms with Gasteiger partial charge in [-0.25, -0.2) is 4.99 Å². The topological polar surface area (TPSA) is 74.8 Å². The van der Waals surface area contributed by atoms with Crippen LogP contribution in [-0.2, 0) is 17.9 Å². The molecule has 2 aromatic rings. The highest BCUT2D eigenvalue weighted by atomic mass is 127. The van der Waals surface area contributed by atoms with Gasteiger partial charge < -0.3 is 20.7 Å². The summed E-state index contributed by atoms with van der Waals surface area (Å²) in [5, 5.41) is 9.12. The van der Waals surface area contributed by atoms with Crippen molar-refractivity contribution < 1.29 is 9.53 Å². The zero-order valence-electron chi connectivity index (χ0n) is 16.6. The summed E-state index contributed by atoms with van der Waals surface area (Å²) in [7, 11) is 1.63. The second-order valence-electron chi connectivity index (χ2n) is 6.10. The van der Waals surface area contributed by atoms with E-state index >= 15 is 0 Å². The number of nitrogens with zero attached hydrogens (tertiary/aromatic N) is 1. The summed E-state index contributed by atoms with van der Waals surface area (Å²) in [4.78, 5) is 16.6. The summed E-state index contributed by atoms with van der Waals surface area (Å²) < 4.78 is 5.13. The third kappa shape index (κ3) is 8.16. The number of benzene rings is 2. The van der Waals surface area contributed by atoms with Crippen LogP contribution in [0.4, 0.5) is 0 Å². The van der Waals surface area contributed by atoms with Crippen LogP contribution in [0.15, 0.2) is 53.5 Å². The average Bonchev–Trinajstić information content (AvgIpc) is 2.70. The Bertz CT molecular complexity index is 763. The van der Waals surface area contributed by atoms with Crippen molar-refractivity contribution in [3.05, 3.63) is 65.2 Å².